The Bertz CT molecular complexity index is 900. The quantitative estimate of drug-likeness (QED) is 0.434. The second-order valence-electron chi connectivity index (χ2n) is 5.94. The molecule has 1 heterocycles. The number of aromatic nitrogens is 3. The minimum absolute atomic E-state index is 0.163. The number of esters is 1. The summed E-state index contributed by atoms with van der Waals surface area (Å²) in [6.07, 6.45) is 0. The summed E-state index contributed by atoms with van der Waals surface area (Å²) in [5.74, 6) is 0.327. The fraction of sp³-hybridized carbons (Fsp3) is 0.250. The van der Waals surface area contributed by atoms with Crippen molar-refractivity contribution in [2.75, 3.05) is 11.1 Å². The molecule has 0 unspecified atom stereocenters. The molecule has 0 bridgehead atoms. The number of anilines is 1. The van der Waals surface area contributed by atoms with Crippen LogP contribution in [0.3, 0.4) is 0 Å². The van der Waals surface area contributed by atoms with Crippen LogP contribution in [0, 0.1) is 5.82 Å². The van der Waals surface area contributed by atoms with Gasteiger partial charge in [-0.15, -0.1) is 10.2 Å². The first-order chi connectivity index (χ1) is 13.7. The predicted molar refractivity (Wildman–Crippen MR) is 106 cm³/mol. The molecule has 0 aliphatic carbocycles. The number of rotatable bonds is 9. The first-order valence-electron chi connectivity index (χ1n) is 8.89. The van der Waals surface area contributed by atoms with Crippen LogP contribution in [0.2, 0.25) is 0 Å². The molecule has 8 heteroatoms. The summed E-state index contributed by atoms with van der Waals surface area (Å²) >= 11 is 1.30. The largest absolute Gasteiger partial charge is 0.460 e. The third kappa shape index (κ3) is 5.56. The van der Waals surface area contributed by atoms with E-state index in [1.54, 1.807) is 12.1 Å². The number of hydrogen-bond donors (Lipinski definition) is 1. The van der Waals surface area contributed by atoms with Crippen LogP contribution >= 0.6 is 11.8 Å². The lowest BCUT2D eigenvalue weighted by Gasteiger charge is -2.09. The third-order valence-corrected chi connectivity index (χ3v) is 4.91. The van der Waals surface area contributed by atoms with E-state index >= 15 is 0 Å². The zero-order valence-electron chi connectivity index (χ0n) is 15.5. The number of benzene rings is 2. The number of nitrogens with one attached hydrogen (secondary N) is 1. The highest BCUT2D eigenvalue weighted by molar-refractivity contribution is 7.99. The van der Waals surface area contributed by atoms with Gasteiger partial charge in [-0.05, 0) is 36.8 Å². The van der Waals surface area contributed by atoms with Gasteiger partial charge in [0.15, 0.2) is 11.0 Å². The summed E-state index contributed by atoms with van der Waals surface area (Å²) in [4.78, 5) is 12.0. The van der Waals surface area contributed by atoms with Gasteiger partial charge in [0.05, 0.1) is 12.3 Å². The molecule has 0 amide bonds. The summed E-state index contributed by atoms with van der Waals surface area (Å²) in [6.45, 7) is 3.37. The van der Waals surface area contributed by atoms with Crippen LogP contribution in [0.4, 0.5) is 10.1 Å². The maximum Gasteiger partial charge on any atom is 0.316 e. The second kappa shape index (κ2) is 9.89. The van der Waals surface area contributed by atoms with Crippen molar-refractivity contribution in [2.45, 2.75) is 31.8 Å². The van der Waals surface area contributed by atoms with Crippen molar-refractivity contribution in [2.24, 2.45) is 0 Å². The summed E-state index contributed by atoms with van der Waals surface area (Å²) in [5, 5.41) is 12.2. The lowest BCUT2D eigenvalue weighted by Crippen LogP contribution is -2.10. The highest BCUT2D eigenvalue weighted by Gasteiger charge is 2.13. The average Bonchev–Trinajstić information content (AvgIpc) is 3.13. The Balaban J connectivity index is 1.51. The van der Waals surface area contributed by atoms with Gasteiger partial charge in [-0.2, -0.15) is 0 Å². The van der Waals surface area contributed by atoms with Gasteiger partial charge in [-0.25, -0.2) is 4.39 Å². The molecule has 6 nitrogen and oxygen atoms in total. The van der Waals surface area contributed by atoms with Crippen LogP contribution < -0.4 is 5.32 Å². The first kappa shape index (κ1) is 19.9. The second-order valence-corrected chi connectivity index (χ2v) is 6.88. The van der Waals surface area contributed by atoms with E-state index in [-0.39, 0.29) is 24.1 Å². The van der Waals surface area contributed by atoms with Crippen LogP contribution in [-0.2, 0) is 29.2 Å². The predicted octanol–water partition coefficient (Wildman–Crippen LogP) is 3.88. The first-order valence-corrected chi connectivity index (χ1v) is 9.88. The highest BCUT2D eigenvalue weighted by atomic mass is 32.2. The maximum absolute atomic E-state index is 13.0. The van der Waals surface area contributed by atoms with E-state index in [0.717, 1.165) is 17.1 Å². The fourth-order valence-electron chi connectivity index (χ4n) is 2.53. The molecule has 0 radical (unpaired) electrons. The van der Waals surface area contributed by atoms with Gasteiger partial charge in [-0.1, -0.05) is 42.1 Å². The van der Waals surface area contributed by atoms with E-state index in [9.17, 15) is 9.18 Å². The maximum atomic E-state index is 13.0. The average molecular weight is 400 g/mol. The van der Waals surface area contributed by atoms with Gasteiger partial charge < -0.3 is 14.6 Å². The number of hydrogen-bond acceptors (Lipinski definition) is 6. The molecule has 0 spiro atoms. The number of carbonyl (C=O) groups excluding carboxylic acids is 1. The van der Waals surface area contributed by atoms with Crippen molar-refractivity contribution in [1.82, 2.24) is 14.8 Å². The Morgan fingerprint density at radius 3 is 2.61 bits per heavy atom. The van der Waals surface area contributed by atoms with Crippen molar-refractivity contribution in [1.29, 1.82) is 0 Å². The molecule has 28 heavy (non-hydrogen) atoms. The van der Waals surface area contributed by atoms with E-state index in [4.69, 9.17) is 4.74 Å². The lowest BCUT2D eigenvalue weighted by atomic mass is 10.2. The van der Waals surface area contributed by atoms with Crippen molar-refractivity contribution in [3.8, 4) is 0 Å². The molecule has 3 rings (SSSR count). The zero-order valence-corrected chi connectivity index (χ0v) is 16.3. The van der Waals surface area contributed by atoms with Gasteiger partial charge in [-0.3, -0.25) is 4.79 Å². The van der Waals surface area contributed by atoms with Gasteiger partial charge in [0.1, 0.15) is 12.4 Å². The molecule has 0 aliphatic heterocycles. The SMILES string of the molecule is CCn1c(CNc2ccc(F)cc2)nnc1SCC(=O)OCc1ccccc1. The summed E-state index contributed by atoms with van der Waals surface area (Å²) in [7, 11) is 0. The van der Waals surface area contributed by atoms with E-state index in [1.807, 2.05) is 41.8 Å². The summed E-state index contributed by atoms with van der Waals surface area (Å²) in [5.41, 5.74) is 1.75. The van der Waals surface area contributed by atoms with E-state index in [1.165, 1.54) is 23.9 Å². The number of ether oxygens (including phenoxy) is 1. The summed E-state index contributed by atoms with van der Waals surface area (Å²) < 4.78 is 20.2. The normalized spacial score (nSPS) is 10.6. The molecule has 0 aliphatic rings. The van der Waals surface area contributed by atoms with Crippen LogP contribution in [0.1, 0.15) is 18.3 Å². The smallest absolute Gasteiger partial charge is 0.316 e. The van der Waals surface area contributed by atoms with Gasteiger partial charge in [0, 0.05) is 12.2 Å². The Morgan fingerprint density at radius 1 is 1.14 bits per heavy atom. The Hall–Kier alpha value is -2.87. The zero-order chi connectivity index (χ0) is 19.8. The van der Waals surface area contributed by atoms with Crippen molar-refractivity contribution < 1.29 is 13.9 Å². The molecule has 0 saturated heterocycles. The van der Waals surface area contributed by atoms with Crippen LogP contribution in [0.5, 0.6) is 0 Å². The fourth-order valence-corrected chi connectivity index (χ4v) is 3.35. The molecule has 0 saturated carbocycles. The lowest BCUT2D eigenvalue weighted by molar-refractivity contribution is -0.141. The Kier molecular flexibility index (Phi) is 7.02. The number of carbonyl (C=O) groups is 1. The van der Waals surface area contributed by atoms with Crippen LogP contribution in [0.25, 0.3) is 0 Å². The van der Waals surface area contributed by atoms with Gasteiger partial charge >= 0.3 is 5.97 Å². The molecule has 1 N–H and O–H groups in total. The van der Waals surface area contributed by atoms with E-state index in [2.05, 4.69) is 15.5 Å². The highest BCUT2D eigenvalue weighted by Crippen LogP contribution is 2.18. The number of halogens is 1. The topological polar surface area (TPSA) is 69.0 Å². The molecule has 2 aromatic carbocycles. The van der Waals surface area contributed by atoms with E-state index < -0.39 is 0 Å². The monoisotopic (exact) mass is 400 g/mol. The van der Waals surface area contributed by atoms with Crippen LogP contribution in [-0.4, -0.2) is 26.5 Å². The summed E-state index contributed by atoms with van der Waals surface area (Å²) in [6, 6.07) is 15.7. The van der Waals surface area contributed by atoms with Crippen molar-refractivity contribution in [3.05, 3.63) is 71.8 Å². The Morgan fingerprint density at radius 2 is 1.89 bits per heavy atom. The molecule has 0 fully saturated rings. The molecule has 0 atom stereocenters. The molecule has 1 aromatic heterocycles. The molecule has 146 valence electrons. The van der Waals surface area contributed by atoms with Crippen LogP contribution in [0.15, 0.2) is 59.8 Å². The third-order valence-electron chi connectivity index (χ3n) is 3.97. The number of thioether (sulfide) groups is 1. The Labute approximate surface area is 167 Å². The van der Waals surface area contributed by atoms with Gasteiger partial charge in [0.25, 0.3) is 0 Å². The molecular formula is C20H21FN4O2S. The van der Waals surface area contributed by atoms with E-state index in [0.29, 0.717) is 18.2 Å². The molecule has 3 aromatic rings. The van der Waals surface area contributed by atoms with Crippen molar-refractivity contribution >= 4 is 23.4 Å². The van der Waals surface area contributed by atoms with Crippen molar-refractivity contribution in [3.63, 3.8) is 0 Å². The number of nitrogens with zero attached hydrogens (tertiary/aromatic N) is 3. The minimum Gasteiger partial charge on any atom is -0.460 e. The van der Waals surface area contributed by atoms with Gasteiger partial charge in [0.2, 0.25) is 0 Å². The molecular weight excluding hydrogens is 379 g/mol. The standard InChI is InChI=1S/C20H21FN4O2S/c1-2-25-18(12-22-17-10-8-16(21)9-11-17)23-24-20(25)28-14-19(26)27-13-15-6-4-3-5-7-15/h3-11,22H,2,12-14H2,1H3. The minimum atomic E-state index is -0.300.